The van der Waals surface area contributed by atoms with Gasteiger partial charge in [0.2, 0.25) is 14.3 Å². The summed E-state index contributed by atoms with van der Waals surface area (Å²) in [6, 6.07) is 5.43. The van der Waals surface area contributed by atoms with Crippen molar-refractivity contribution in [1.29, 1.82) is 0 Å². The summed E-state index contributed by atoms with van der Waals surface area (Å²) in [5, 5.41) is 15.3. The van der Waals surface area contributed by atoms with Crippen molar-refractivity contribution in [2.24, 2.45) is 0 Å². The van der Waals surface area contributed by atoms with Gasteiger partial charge in [-0.2, -0.15) is 0 Å². The molecule has 1 atom stereocenters. The van der Waals surface area contributed by atoms with Gasteiger partial charge in [-0.1, -0.05) is 54.0 Å². The minimum absolute atomic E-state index is 0.00344. The fourth-order valence-corrected chi connectivity index (χ4v) is 13.1. The molecular weight excluding hydrogens is 623 g/mol. The Morgan fingerprint density at radius 3 is 2.39 bits per heavy atom. The zero-order valence-electron chi connectivity index (χ0n) is 28.6. The summed E-state index contributed by atoms with van der Waals surface area (Å²) in [6.45, 7) is 20.8. The van der Waals surface area contributed by atoms with E-state index < -0.39 is 24.7 Å². The van der Waals surface area contributed by atoms with Crippen LogP contribution in [0, 0.1) is 10.1 Å². The Bertz CT molecular complexity index is 1540. The monoisotopic (exact) mass is 671 g/mol. The maximum Gasteiger partial charge on any atom is 0.410 e. The van der Waals surface area contributed by atoms with E-state index in [0.29, 0.717) is 41.8 Å². The standard InChI is InChI=1S/C33H49N5O6SSi/c1-20(2)46(21(3)4,22(5)6)43-18-23-14-26(24-12-10-11-13-37(17-24)32(40)44-33(7,8)9)29-27(15-23)34-31(35-29)36-30(39)28-16-25(19-45-28)38(41)42/h14-16,19-22,24H,10-13,17-18H2,1-9H3,(H2,34,35,36,39)/t24-/m0/s1. The van der Waals surface area contributed by atoms with Gasteiger partial charge >= 0.3 is 6.09 Å². The fraction of sp³-hybridized carbons (Fsp3) is 0.606. The molecule has 0 aliphatic carbocycles. The lowest BCUT2D eigenvalue weighted by molar-refractivity contribution is -0.384. The van der Waals surface area contributed by atoms with Crippen molar-refractivity contribution < 1.29 is 23.7 Å². The van der Waals surface area contributed by atoms with Crippen LogP contribution in [0.25, 0.3) is 11.0 Å². The minimum Gasteiger partial charge on any atom is -0.444 e. The van der Waals surface area contributed by atoms with Crippen LogP contribution in [-0.4, -0.2) is 58.8 Å². The van der Waals surface area contributed by atoms with E-state index in [1.807, 2.05) is 26.8 Å². The molecule has 0 radical (unpaired) electrons. The van der Waals surface area contributed by atoms with Crippen LogP contribution < -0.4 is 5.32 Å². The Morgan fingerprint density at radius 1 is 1.13 bits per heavy atom. The third kappa shape index (κ3) is 7.98. The second-order valence-corrected chi connectivity index (χ2v) is 20.6. The number of amides is 2. The van der Waals surface area contributed by atoms with Crippen molar-refractivity contribution in [3.63, 3.8) is 0 Å². The number of nitrogens with one attached hydrogen (secondary N) is 2. The molecule has 46 heavy (non-hydrogen) atoms. The van der Waals surface area contributed by atoms with Gasteiger partial charge in [0.1, 0.15) is 5.60 Å². The Morgan fingerprint density at radius 2 is 1.80 bits per heavy atom. The summed E-state index contributed by atoms with van der Waals surface area (Å²) >= 11 is 1.01. The van der Waals surface area contributed by atoms with Crippen LogP contribution in [0.2, 0.25) is 16.6 Å². The number of H-pyrrole nitrogens is 1. The number of thiophene rings is 1. The predicted molar refractivity (Wildman–Crippen MR) is 185 cm³/mol. The molecule has 3 heterocycles. The molecular formula is C33H49N5O6SSi. The van der Waals surface area contributed by atoms with Gasteiger partial charge in [-0.25, -0.2) is 9.78 Å². The first-order valence-corrected chi connectivity index (χ1v) is 19.2. The quantitative estimate of drug-likeness (QED) is 0.125. The zero-order chi connectivity index (χ0) is 34.0. The first-order valence-electron chi connectivity index (χ1n) is 16.2. The minimum atomic E-state index is -2.15. The lowest BCUT2D eigenvalue weighted by Crippen LogP contribution is -2.47. The van der Waals surface area contributed by atoms with Gasteiger partial charge in [-0.05, 0) is 67.4 Å². The molecule has 0 unspecified atom stereocenters. The number of aromatic amines is 1. The summed E-state index contributed by atoms with van der Waals surface area (Å²) in [5.74, 6) is -0.221. The maximum atomic E-state index is 13.2. The molecule has 0 bridgehead atoms. The molecule has 1 fully saturated rings. The third-order valence-corrected chi connectivity index (χ3v) is 15.9. The van der Waals surface area contributed by atoms with Gasteiger partial charge in [-0.3, -0.25) is 20.2 Å². The van der Waals surface area contributed by atoms with Crippen LogP contribution in [0.15, 0.2) is 23.6 Å². The van der Waals surface area contributed by atoms with E-state index in [2.05, 4.69) is 57.9 Å². The number of nitro groups is 1. The van der Waals surface area contributed by atoms with Gasteiger partial charge < -0.3 is 19.0 Å². The molecule has 2 amide bonds. The van der Waals surface area contributed by atoms with E-state index in [1.165, 1.54) is 11.4 Å². The molecule has 1 saturated heterocycles. The Balaban J connectivity index is 1.73. The number of hydrogen-bond acceptors (Lipinski definition) is 8. The molecule has 1 aliphatic heterocycles. The van der Waals surface area contributed by atoms with Gasteiger partial charge in [0, 0.05) is 25.1 Å². The summed E-state index contributed by atoms with van der Waals surface area (Å²) in [5.41, 5.74) is 4.04. The van der Waals surface area contributed by atoms with Crippen LogP contribution in [0.1, 0.15) is 108 Å². The number of imidazole rings is 1. The normalized spacial score (nSPS) is 16.3. The van der Waals surface area contributed by atoms with Crippen LogP contribution in [0.4, 0.5) is 16.4 Å². The molecule has 252 valence electrons. The first kappa shape index (κ1) is 35.6. The number of likely N-dealkylation sites (tertiary alicyclic amines) is 1. The van der Waals surface area contributed by atoms with Crippen molar-refractivity contribution in [2.75, 3.05) is 18.4 Å². The number of ether oxygens (including phenoxy) is 1. The van der Waals surface area contributed by atoms with Crippen molar-refractivity contribution in [3.05, 3.63) is 49.7 Å². The van der Waals surface area contributed by atoms with Crippen molar-refractivity contribution in [1.82, 2.24) is 14.9 Å². The second-order valence-electron chi connectivity index (χ2n) is 14.3. The number of aromatic nitrogens is 2. The van der Waals surface area contributed by atoms with Crippen LogP contribution >= 0.6 is 11.3 Å². The number of fused-ring (bicyclic) bond motifs is 1. The highest BCUT2D eigenvalue weighted by atomic mass is 32.1. The molecule has 2 N–H and O–H groups in total. The fourth-order valence-electron chi connectivity index (χ4n) is 6.97. The number of carbonyl (C=O) groups is 2. The van der Waals surface area contributed by atoms with E-state index in [1.54, 1.807) is 4.90 Å². The molecule has 1 aromatic carbocycles. The smallest absolute Gasteiger partial charge is 0.410 e. The number of hydrogen-bond donors (Lipinski definition) is 2. The van der Waals surface area contributed by atoms with E-state index in [9.17, 15) is 19.7 Å². The third-order valence-electron chi connectivity index (χ3n) is 8.89. The van der Waals surface area contributed by atoms with Crippen molar-refractivity contribution in [3.8, 4) is 0 Å². The van der Waals surface area contributed by atoms with Crippen LogP contribution in [0.3, 0.4) is 0 Å². The van der Waals surface area contributed by atoms with Crippen molar-refractivity contribution >= 4 is 54.3 Å². The topological polar surface area (TPSA) is 140 Å². The van der Waals surface area contributed by atoms with Gasteiger partial charge in [-0.15, -0.1) is 11.3 Å². The average molecular weight is 672 g/mol. The molecule has 2 aromatic heterocycles. The molecule has 4 rings (SSSR count). The second kappa shape index (κ2) is 14.2. The SMILES string of the molecule is CC(C)[Si](OCc1cc([C@H]2CCCCN(C(=O)OC(C)(C)C)C2)c2[nH]c(NC(=O)c3cc([N+](=O)[O-])cs3)nc2c1)(C(C)C)C(C)C. The van der Waals surface area contributed by atoms with E-state index in [0.717, 1.165) is 47.2 Å². The Labute approximate surface area is 276 Å². The summed E-state index contributed by atoms with van der Waals surface area (Å²) in [4.78, 5) is 46.9. The van der Waals surface area contributed by atoms with Gasteiger partial charge in [0.25, 0.3) is 11.6 Å². The first-order chi connectivity index (χ1) is 21.5. The summed E-state index contributed by atoms with van der Waals surface area (Å²) < 4.78 is 12.7. The highest BCUT2D eigenvalue weighted by Gasteiger charge is 2.45. The summed E-state index contributed by atoms with van der Waals surface area (Å²) in [7, 11) is -2.15. The van der Waals surface area contributed by atoms with E-state index in [-0.39, 0.29) is 28.5 Å². The molecule has 0 spiro atoms. The predicted octanol–water partition coefficient (Wildman–Crippen LogP) is 8.98. The molecule has 13 heteroatoms. The number of rotatable bonds is 10. The number of nitrogens with zero attached hydrogens (tertiary/aromatic N) is 3. The molecule has 1 aliphatic rings. The lowest BCUT2D eigenvalue weighted by atomic mass is 9.92. The Hall–Kier alpha value is -3.29. The molecule has 3 aromatic rings. The Kier molecular flexibility index (Phi) is 11.0. The zero-order valence-corrected chi connectivity index (χ0v) is 30.4. The van der Waals surface area contributed by atoms with Crippen LogP contribution in [-0.2, 0) is 15.8 Å². The van der Waals surface area contributed by atoms with Gasteiger partial charge in [0.05, 0.1) is 32.8 Å². The largest absolute Gasteiger partial charge is 0.444 e. The van der Waals surface area contributed by atoms with Gasteiger partial charge in [0.15, 0.2) is 0 Å². The van der Waals surface area contributed by atoms with Crippen molar-refractivity contribution in [2.45, 2.75) is 116 Å². The highest BCUT2D eigenvalue weighted by Crippen LogP contribution is 2.43. The van der Waals surface area contributed by atoms with E-state index >= 15 is 0 Å². The number of anilines is 1. The summed E-state index contributed by atoms with van der Waals surface area (Å²) in [6.07, 6.45) is 2.38. The maximum absolute atomic E-state index is 13.2. The number of carbonyl (C=O) groups excluding carboxylic acids is 2. The molecule has 0 saturated carbocycles. The highest BCUT2D eigenvalue weighted by molar-refractivity contribution is 7.12. The molecule has 11 nitrogen and oxygen atoms in total. The van der Waals surface area contributed by atoms with E-state index in [4.69, 9.17) is 14.1 Å². The van der Waals surface area contributed by atoms with Crippen LogP contribution in [0.5, 0.6) is 0 Å². The lowest BCUT2D eigenvalue weighted by Gasteiger charge is -2.42. The average Bonchev–Trinajstić information content (AvgIpc) is 3.52. The number of benzene rings is 1.